The minimum absolute atomic E-state index is 0.108. The minimum Gasteiger partial charge on any atom is -0.462 e. The van der Waals surface area contributed by atoms with Crippen LogP contribution in [0, 0.1) is 0 Å². The maximum absolute atomic E-state index is 12.8. The Labute approximate surface area is 195 Å². The van der Waals surface area contributed by atoms with E-state index in [9.17, 15) is 19.2 Å². The van der Waals surface area contributed by atoms with Crippen LogP contribution in [0.1, 0.15) is 41.0 Å². The number of nitrogens with one attached hydrogen (secondary N) is 2. The van der Waals surface area contributed by atoms with Gasteiger partial charge in [0, 0.05) is 24.6 Å². The number of thiocarbonyl (C=S) groups is 1. The van der Waals surface area contributed by atoms with Crippen molar-refractivity contribution in [2.24, 2.45) is 0 Å². The molecule has 1 aliphatic rings. The summed E-state index contributed by atoms with van der Waals surface area (Å²) in [5, 5.41) is 4.03. The van der Waals surface area contributed by atoms with Crippen LogP contribution in [0.25, 0.3) is 0 Å². The Hall–Kier alpha value is -3.86. The fourth-order valence-electron chi connectivity index (χ4n) is 3.21. The lowest BCUT2D eigenvalue weighted by Gasteiger charge is -2.24. The van der Waals surface area contributed by atoms with Gasteiger partial charge in [-0.3, -0.25) is 29.7 Å². The normalized spacial score (nSPS) is 15.4. The number of likely N-dealkylation sites (N-methyl/N-ethyl adjacent to an activating group) is 1. The molecule has 10 nitrogen and oxygen atoms in total. The zero-order valence-corrected chi connectivity index (χ0v) is 18.9. The number of nitrogens with zero attached hydrogens (tertiary/aromatic N) is 3. The highest BCUT2D eigenvalue weighted by Gasteiger charge is 2.43. The lowest BCUT2D eigenvalue weighted by atomic mass is 10.1. The first-order valence-electron chi connectivity index (χ1n) is 10.3. The highest BCUT2D eigenvalue weighted by atomic mass is 32.1. The lowest BCUT2D eigenvalue weighted by molar-refractivity contribution is -0.130. The number of benzene rings is 1. The Morgan fingerprint density at radius 3 is 2.45 bits per heavy atom. The van der Waals surface area contributed by atoms with Crippen LogP contribution in [0.15, 0.2) is 48.8 Å². The van der Waals surface area contributed by atoms with Gasteiger partial charge in [0.15, 0.2) is 5.11 Å². The Balaban J connectivity index is 1.70. The van der Waals surface area contributed by atoms with Crippen LogP contribution >= 0.6 is 12.2 Å². The summed E-state index contributed by atoms with van der Waals surface area (Å²) in [6, 6.07) is 8.36. The molecule has 1 fully saturated rings. The lowest BCUT2D eigenvalue weighted by Crippen LogP contribution is -2.49. The van der Waals surface area contributed by atoms with Gasteiger partial charge in [0.05, 0.1) is 24.2 Å². The van der Waals surface area contributed by atoms with Crippen molar-refractivity contribution in [3.63, 3.8) is 0 Å². The highest BCUT2D eigenvalue weighted by Crippen LogP contribution is 2.20. The van der Waals surface area contributed by atoms with Crippen molar-refractivity contribution in [2.45, 2.75) is 26.3 Å². The molecule has 1 aliphatic heterocycles. The van der Waals surface area contributed by atoms with Crippen molar-refractivity contribution < 1.29 is 23.9 Å². The zero-order valence-electron chi connectivity index (χ0n) is 18.1. The van der Waals surface area contributed by atoms with E-state index in [1.54, 1.807) is 38.1 Å². The van der Waals surface area contributed by atoms with Crippen molar-refractivity contribution in [3.05, 3.63) is 59.9 Å². The van der Waals surface area contributed by atoms with Gasteiger partial charge in [-0.05, 0) is 62.5 Å². The van der Waals surface area contributed by atoms with Crippen LogP contribution in [0.5, 0.6) is 0 Å². The fourth-order valence-corrected chi connectivity index (χ4v) is 3.60. The molecule has 172 valence electrons. The van der Waals surface area contributed by atoms with Gasteiger partial charge in [0.2, 0.25) is 5.91 Å². The number of rotatable bonds is 8. The summed E-state index contributed by atoms with van der Waals surface area (Å²) in [6.07, 6.45) is 2.67. The Morgan fingerprint density at radius 1 is 1.12 bits per heavy atom. The molecule has 1 aromatic carbocycles. The van der Waals surface area contributed by atoms with Gasteiger partial charge in [0.1, 0.15) is 6.04 Å². The molecule has 0 saturated carbocycles. The average molecular weight is 470 g/mol. The molecule has 2 aromatic rings. The Morgan fingerprint density at radius 2 is 1.85 bits per heavy atom. The molecule has 2 N–H and O–H groups in total. The molecule has 3 rings (SSSR count). The number of hydrogen-bond acceptors (Lipinski definition) is 7. The molecule has 33 heavy (non-hydrogen) atoms. The van der Waals surface area contributed by atoms with Crippen molar-refractivity contribution in [3.8, 4) is 0 Å². The molecule has 1 unspecified atom stereocenters. The summed E-state index contributed by atoms with van der Waals surface area (Å²) in [7, 11) is 0. The molecule has 3 amide bonds. The molecule has 1 aromatic heterocycles. The topological polar surface area (TPSA) is 121 Å². The van der Waals surface area contributed by atoms with E-state index in [0.717, 1.165) is 0 Å². The number of anilines is 1. The van der Waals surface area contributed by atoms with Gasteiger partial charge in [-0.25, -0.2) is 9.80 Å². The van der Waals surface area contributed by atoms with E-state index < -0.39 is 23.8 Å². The highest BCUT2D eigenvalue weighted by molar-refractivity contribution is 7.80. The number of aromatic nitrogens is 1. The smallest absolute Gasteiger partial charge is 0.338 e. The monoisotopic (exact) mass is 469 g/mol. The molecule has 1 saturated heterocycles. The molecule has 0 spiro atoms. The number of esters is 1. The van der Waals surface area contributed by atoms with Crippen LogP contribution in [0.2, 0.25) is 0 Å². The van der Waals surface area contributed by atoms with Crippen molar-refractivity contribution in [2.75, 3.05) is 18.5 Å². The van der Waals surface area contributed by atoms with Gasteiger partial charge >= 0.3 is 5.97 Å². The third kappa shape index (κ3) is 5.50. The quantitative estimate of drug-likeness (QED) is 0.443. The third-order valence-electron chi connectivity index (χ3n) is 4.82. The predicted molar refractivity (Wildman–Crippen MR) is 123 cm³/mol. The largest absolute Gasteiger partial charge is 0.462 e. The summed E-state index contributed by atoms with van der Waals surface area (Å²) in [4.78, 5) is 55.1. The first kappa shape index (κ1) is 23.8. The van der Waals surface area contributed by atoms with Gasteiger partial charge in [0.25, 0.3) is 11.8 Å². The summed E-state index contributed by atoms with van der Waals surface area (Å²) < 4.78 is 4.93. The van der Waals surface area contributed by atoms with Gasteiger partial charge in [-0.2, -0.15) is 0 Å². The van der Waals surface area contributed by atoms with Crippen LogP contribution in [-0.2, 0) is 14.3 Å². The van der Waals surface area contributed by atoms with Gasteiger partial charge < -0.3 is 10.1 Å². The second kappa shape index (κ2) is 10.6. The number of carbonyl (C=O) groups excluding carboxylic acids is 4. The number of ether oxygens (including phenoxy) is 1. The Bertz CT molecular complexity index is 1060. The number of hydrazine groups is 1. The van der Waals surface area contributed by atoms with E-state index in [2.05, 4.69) is 15.7 Å². The fraction of sp³-hybridized carbons (Fsp3) is 0.273. The van der Waals surface area contributed by atoms with E-state index >= 15 is 0 Å². The molecule has 0 aliphatic carbocycles. The van der Waals surface area contributed by atoms with Gasteiger partial charge in [-0.1, -0.05) is 0 Å². The van der Waals surface area contributed by atoms with Crippen LogP contribution in [-0.4, -0.2) is 62.9 Å². The van der Waals surface area contributed by atoms with E-state index in [4.69, 9.17) is 17.0 Å². The maximum atomic E-state index is 12.8. The Kier molecular flexibility index (Phi) is 7.67. The third-order valence-corrected chi connectivity index (χ3v) is 5.24. The molecule has 11 heteroatoms. The van der Waals surface area contributed by atoms with E-state index in [1.807, 2.05) is 0 Å². The molecular weight excluding hydrogens is 446 g/mol. The van der Waals surface area contributed by atoms with Crippen molar-refractivity contribution >= 4 is 46.7 Å². The molecule has 1 atom stereocenters. The second-order valence-corrected chi connectivity index (χ2v) is 7.35. The van der Waals surface area contributed by atoms with E-state index in [1.165, 1.54) is 34.4 Å². The maximum Gasteiger partial charge on any atom is 0.338 e. The first-order valence-corrected chi connectivity index (χ1v) is 10.7. The van der Waals surface area contributed by atoms with Crippen molar-refractivity contribution in [1.29, 1.82) is 0 Å². The zero-order chi connectivity index (χ0) is 24.0. The van der Waals surface area contributed by atoms with Crippen molar-refractivity contribution in [1.82, 2.24) is 20.3 Å². The SMILES string of the molecule is CCOC(=O)c1ccc(NC(=O)CC2C(=O)N(CC)C(=S)N2NC(=O)c2cccnc2)cc1. The summed E-state index contributed by atoms with van der Waals surface area (Å²) in [5.74, 6) is -1.81. The standard InChI is InChI=1S/C22H23N5O5S/c1-3-26-20(30)17(27(22(26)33)25-19(29)15-6-5-11-23-13-15)12-18(28)24-16-9-7-14(8-10-16)21(31)32-4-2/h5-11,13,17H,3-4,12H2,1-2H3,(H,24,28)(H,25,29). The number of pyridine rings is 1. The van der Waals surface area contributed by atoms with Crippen LogP contribution in [0.3, 0.4) is 0 Å². The summed E-state index contributed by atoms with van der Waals surface area (Å²) in [5.41, 5.74) is 3.69. The van der Waals surface area contributed by atoms with Crippen LogP contribution < -0.4 is 10.7 Å². The number of carbonyl (C=O) groups is 4. The summed E-state index contributed by atoms with van der Waals surface area (Å²) in [6.45, 7) is 4.02. The average Bonchev–Trinajstić information content (AvgIpc) is 3.03. The molecule has 2 heterocycles. The van der Waals surface area contributed by atoms with E-state index in [-0.39, 0.29) is 29.6 Å². The predicted octanol–water partition coefficient (Wildman–Crippen LogP) is 1.75. The first-order chi connectivity index (χ1) is 15.8. The minimum atomic E-state index is -1.00. The molecular formula is C22H23N5O5S. The number of amides is 3. The summed E-state index contributed by atoms with van der Waals surface area (Å²) >= 11 is 5.35. The second-order valence-electron chi connectivity index (χ2n) is 6.98. The van der Waals surface area contributed by atoms with E-state index in [0.29, 0.717) is 17.8 Å². The number of hydrogen-bond donors (Lipinski definition) is 2. The van der Waals surface area contributed by atoms with Gasteiger partial charge in [-0.15, -0.1) is 0 Å². The van der Waals surface area contributed by atoms with Crippen LogP contribution in [0.4, 0.5) is 5.69 Å². The molecule has 0 radical (unpaired) electrons. The molecule has 0 bridgehead atoms.